The molecule has 0 radical (unpaired) electrons. The molecule has 0 aromatic rings. The highest BCUT2D eigenvalue weighted by molar-refractivity contribution is 6.39. The van der Waals surface area contributed by atoms with E-state index >= 15 is 0 Å². The van der Waals surface area contributed by atoms with Crippen LogP contribution in [0.15, 0.2) is 23.3 Å². The van der Waals surface area contributed by atoms with Gasteiger partial charge in [0.1, 0.15) is 24.0 Å². The molecule has 312 valence electrons. The summed E-state index contributed by atoms with van der Waals surface area (Å²) in [6.07, 6.45) is 3.09. The molecular weight excluding hydrogens is 710 g/mol. The number of hydrogen-bond acceptors (Lipinski definition) is 12. The monoisotopic (exact) mass is 777 g/mol. The molecule has 1 saturated carbocycles. The second-order valence-electron chi connectivity index (χ2n) is 16.9. The van der Waals surface area contributed by atoms with Gasteiger partial charge in [-0.2, -0.15) is 0 Å². The largest absolute Gasteiger partial charge is 0.456 e. The van der Waals surface area contributed by atoms with Crippen molar-refractivity contribution in [3.05, 3.63) is 23.3 Å². The molecule has 1 amide bonds. The van der Waals surface area contributed by atoms with E-state index in [1.807, 2.05) is 32.9 Å². The first-order valence-electron chi connectivity index (χ1n) is 20.2. The third-order valence-electron chi connectivity index (χ3n) is 12.6. The lowest BCUT2D eigenvalue weighted by atomic mass is 9.82. The van der Waals surface area contributed by atoms with Crippen LogP contribution in [0.25, 0.3) is 0 Å². The Morgan fingerprint density at radius 3 is 2.18 bits per heavy atom. The standard InChI is InChI=1S/C42H67NO12/c1-23-16-24(2)18-35(52-8)38-36(53-9)20-27(5)42(50,55-38)39(47)40(48)43-15-11-10-12-30(43)41(49)54-37(28(6)33(46)22-32(45)25(3)17-23)26(4)19-29-13-14-31(44)34(21-29)51-7/h17,19,24-25,27-31,33-38,44,46,50H,10-16,18,20-22H2,1-9H3/b23-17+,26-19+/t24-,25-,27+,28+,29+,30-,31+,33-,34-,35-,36-,37?,38+,42+/m0/s1. The Morgan fingerprint density at radius 1 is 0.873 bits per heavy atom. The first-order chi connectivity index (χ1) is 25.9. The number of fused-ring (bicyclic) bond motifs is 3. The van der Waals surface area contributed by atoms with Gasteiger partial charge in [-0.1, -0.05) is 45.4 Å². The third kappa shape index (κ3) is 10.7. The van der Waals surface area contributed by atoms with Crippen LogP contribution in [0.2, 0.25) is 0 Å². The van der Waals surface area contributed by atoms with Crippen molar-refractivity contribution in [2.45, 2.75) is 160 Å². The van der Waals surface area contributed by atoms with Crippen molar-refractivity contribution in [2.24, 2.45) is 29.6 Å². The first-order valence-corrected chi connectivity index (χ1v) is 20.2. The molecule has 55 heavy (non-hydrogen) atoms. The molecule has 4 rings (SSSR count). The van der Waals surface area contributed by atoms with Gasteiger partial charge >= 0.3 is 5.97 Å². The van der Waals surface area contributed by atoms with E-state index < -0.39 is 83.9 Å². The number of ether oxygens (including phenoxy) is 5. The van der Waals surface area contributed by atoms with Crippen molar-refractivity contribution in [1.29, 1.82) is 0 Å². The molecule has 14 atom stereocenters. The lowest BCUT2D eigenvalue weighted by molar-refractivity contribution is -0.302. The van der Waals surface area contributed by atoms with Crippen LogP contribution in [0.5, 0.6) is 0 Å². The number of Topliss-reactive ketones (excluding diaryl/α,β-unsaturated/α-hetero) is 2. The van der Waals surface area contributed by atoms with E-state index in [2.05, 4.69) is 0 Å². The SMILES string of the molecule is CO[C@H]1C[C@@H](C)C/C(C)=C/[C@H](C)C(=O)C[C@H](O)[C@@H](C)C(/C(C)=C/[C@H]2CC[C@@H](O)[C@@H](OC)C2)OC(=O)[C@@H]2CCCCN2C(=O)C(=O)[C@]2(O)O[C@H]1[C@@H](OC)C[C@H]2C. The molecule has 3 fully saturated rings. The Kier molecular flexibility index (Phi) is 16.2. The Hall–Kier alpha value is -2.52. The van der Waals surface area contributed by atoms with Crippen molar-refractivity contribution >= 4 is 23.4 Å². The molecule has 3 aliphatic heterocycles. The smallest absolute Gasteiger partial charge is 0.329 e. The summed E-state index contributed by atoms with van der Waals surface area (Å²) in [5.74, 6) is -7.59. The number of aliphatic hydroxyl groups is 3. The van der Waals surface area contributed by atoms with Crippen LogP contribution in [0.4, 0.5) is 0 Å². The second-order valence-corrected chi connectivity index (χ2v) is 16.9. The van der Waals surface area contributed by atoms with Gasteiger partial charge < -0.3 is 43.9 Å². The van der Waals surface area contributed by atoms with E-state index in [9.17, 15) is 34.5 Å². The predicted molar refractivity (Wildman–Crippen MR) is 203 cm³/mol. The molecule has 0 spiro atoms. The van der Waals surface area contributed by atoms with Crippen LogP contribution in [0, 0.1) is 29.6 Å². The molecule has 3 heterocycles. The fraction of sp³-hybridized carbons (Fsp3) is 0.810. The van der Waals surface area contributed by atoms with Crippen LogP contribution < -0.4 is 0 Å². The number of piperidine rings is 1. The fourth-order valence-electron chi connectivity index (χ4n) is 9.16. The summed E-state index contributed by atoms with van der Waals surface area (Å²) in [5, 5.41) is 33.9. The number of carbonyl (C=O) groups excluding carboxylic acids is 4. The van der Waals surface area contributed by atoms with Crippen LogP contribution in [-0.4, -0.2) is 126 Å². The maximum absolute atomic E-state index is 14.2. The highest BCUT2D eigenvalue weighted by Gasteiger charge is 2.56. The van der Waals surface area contributed by atoms with Gasteiger partial charge in [0.2, 0.25) is 5.79 Å². The molecule has 2 bridgehead atoms. The zero-order valence-corrected chi connectivity index (χ0v) is 34.4. The number of aliphatic hydroxyl groups excluding tert-OH is 2. The molecule has 1 unspecified atom stereocenters. The van der Waals surface area contributed by atoms with Gasteiger partial charge in [0.05, 0.1) is 30.5 Å². The summed E-state index contributed by atoms with van der Waals surface area (Å²) in [6, 6.07) is -1.13. The minimum Gasteiger partial charge on any atom is -0.456 e. The number of esters is 1. The topological polar surface area (TPSA) is 178 Å². The predicted octanol–water partition coefficient (Wildman–Crippen LogP) is 4.08. The Labute approximate surface area is 327 Å². The highest BCUT2D eigenvalue weighted by Crippen LogP contribution is 2.39. The maximum atomic E-state index is 14.2. The first kappa shape index (κ1) is 45.2. The van der Waals surface area contributed by atoms with Gasteiger partial charge in [-0.05, 0) is 89.0 Å². The van der Waals surface area contributed by atoms with Crippen molar-refractivity contribution in [3.63, 3.8) is 0 Å². The summed E-state index contributed by atoms with van der Waals surface area (Å²) in [4.78, 5) is 57.3. The van der Waals surface area contributed by atoms with Gasteiger partial charge in [-0.3, -0.25) is 14.4 Å². The second kappa shape index (κ2) is 19.8. The number of carbonyl (C=O) groups is 4. The van der Waals surface area contributed by atoms with E-state index in [0.717, 1.165) is 5.57 Å². The maximum Gasteiger partial charge on any atom is 0.329 e. The quantitative estimate of drug-likeness (QED) is 0.207. The molecule has 4 aliphatic rings. The Morgan fingerprint density at radius 2 is 1.53 bits per heavy atom. The van der Waals surface area contributed by atoms with Crippen molar-refractivity contribution in [1.82, 2.24) is 4.90 Å². The lowest BCUT2D eigenvalue weighted by Gasteiger charge is -2.47. The number of hydrogen-bond donors (Lipinski definition) is 3. The Balaban J connectivity index is 1.75. The van der Waals surface area contributed by atoms with Crippen LogP contribution >= 0.6 is 0 Å². The molecule has 1 aliphatic carbocycles. The summed E-state index contributed by atoms with van der Waals surface area (Å²) in [7, 11) is 4.62. The zero-order chi connectivity index (χ0) is 40.8. The average Bonchev–Trinajstić information content (AvgIpc) is 3.15. The molecule has 13 heteroatoms. The number of allylic oxidation sites excluding steroid dienone is 3. The zero-order valence-electron chi connectivity index (χ0n) is 34.4. The number of rotatable bonds is 5. The molecule has 3 N–H and O–H groups in total. The summed E-state index contributed by atoms with van der Waals surface area (Å²) >= 11 is 0. The molecule has 2 saturated heterocycles. The number of ketones is 2. The highest BCUT2D eigenvalue weighted by atomic mass is 16.7. The number of methoxy groups -OCH3 is 3. The molecular formula is C42H67NO12. The number of nitrogens with zero attached hydrogens (tertiary/aromatic N) is 1. The van der Waals surface area contributed by atoms with Crippen molar-refractivity contribution in [3.8, 4) is 0 Å². The van der Waals surface area contributed by atoms with Gasteiger partial charge in [-0.25, -0.2) is 4.79 Å². The van der Waals surface area contributed by atoms with Crippen LogP contribution in [-0.2, 0) is 42.9 Å². The third-order valence-corrected chi connectivity index (χ3v) is 12.6. The number of cyclic esters (lactones) is 1. The summed E-state index contributed by atoms with van der Waals surface area (Å²) in [5.41, 5.74) is 1.64. The number of amides is 1. The van der Waals surface area contributed by atoms with Gasteiger partial charge in [0, 0.05) is 52.0 Å². The van der Waals surface area contributed by atoms with E-state index in [0.29, 0.717) is 50.5 Å². The molecule has 13 nitrogen and oxygen atoms in total. The summed E-state index contributed by atoms with van der Waals surface area (Å²) < 4.78 is 29.6. The van der Waals surface area contributed by atoms with Gasteiger partial charge in [0.25, 0.3) is 11.7 Å². The lowest BCUT2D eigenvalue weighted by Crippen LogP contribution is -2.64. The molecule has 0 aromatic carbocycles. The normalized spacial score (nSPS) is 42.1. The Bertz CT molecular complexity index is 1410. The van der Waals surface area contributed by atoms with E-state index in [1.54, 1.807) is 27.9 Å². The summed E-state index contributed by atoms with van der Waals surface area (Å²) in [6.45, 7) is 11.1. The minimum atomic E-state index is -2.50. The van der Waals surface area contributed by atoms with E-state index in [1.165, 1.54) is 19.1 Å². The minimum absolute atomic E-state index is 0.00142. The molecule has 0 aromatic heterocycles. The van der Waals surface area contributed by atoms with Crippen LogP contribution in [0.3, 0.4) is 0 Å². The van der Waals surface area contributed by atoms with E-state index in [-0.39, 0.29) is 49.5 Å². The van der Waals surface area contributed by atoms with Crippen molar-refractivity contribution < 1.29 is 58.2 Å². The van der Waals surface area contributed by atoms with Crippen LogP contribution in [0.1, 0.15) is 106 Å². The van der Waals surface area contributed by atoms with Crippen molar-refractivity contribution in [2.75, 3.05) is 27.9 Å². The van der Waals surface area contributed by atoms with Gasteiger partial charge in [-0.15, -0.1) is 0 Å². The fourth-order valence-corrected chi connectivity index (χ4v) is 9.16. The average molecular weight is 778 g/mol. The van der Waals surface area contributed by atoms with E-state index in [4.69, 9.17) is 23.7 Å². The van der Waals surface area contributed by atoms with Gasteiger partial charge in [0.15, 0.2) is 0 Å².